The van der Waals surface area contributed by atoms with Gasteiger partial charge in [0.15, 0.2) is 6.10 Å². The smallest absolute Gasteiger partial charge is 0.265 e. The highest BCUT2D eigenvalue weighted by atomic mass is 32.2. The van der Waals surface area contributed by atoms with Gasteiger partial charge in [0.1, 0.15) is 5.75 Å². The van der Waals surface area contributed by atoms with Crippen molar-refractivity contribution in [3.8, 4) is 5.75 Å². The van der Waals surface area contributed by atoms with Crippen molar-refractivity contribution in [2.45, 2.75) is 51.0 Å². The van der Waals surface area contributed by atoms with E-state index in [4.69, 9.17) is 4.74 Å². The predicted octanol–water partition coefficient (Wildman–Crippen LogP) is 5.61. The molecule has 0 radical (unpaired) electrons. The van der Waals surface area contributed by atoms with Crippen molar-refractivity contribution >= 4 is 27.3 Å². The van der Waals surface area contributed by atoms with Crippen LogP contribution in [0, 0.1) is 0 Å². The first-order valence-corrected chi connectivity index (χ1v) is 12.7. The molecule has 0 aliphatic carbocycles. The number of carbonyl (C=O) groups excluding carboxylic acids is 1. The molecule has 0 heterocycles. The normalized spacial score (nSPS) is 12.6. The molecule has 0 aliphatic heterocycles. The Bertz CT molecular complexity index is 1200. The number of nitrogens with zero attached hydrogens (tertiary/aromatic N) is 1. The van der Waals surface area contributed by atoms with Crippen LogP contribution in [-0.2, 0) is 20.2 Å². The summed E-state index contributed by atoms with van der Waals surface area (Å²) in [6.07, 6.45) is -0.724. The highest BCUT2D eigenvalue weighted by Crippen LogP contribution is 2.26. The van der Waals surface area contributed by atoms with Crippen LogP contribution in [-0.4, -0.2) is 27.0 Å². The minimum Gasteiger partial charge on any atom is -0.481 e. The summed E-state index contributed by atoms with van der Waals surface area (Å²) in [5.74, 6) is 0.285. The van der Waals surface area contributed by atoms with E-state index in [1.165, 1.54) is 22.0 Å². The molecule has 34 heavy (non-hydrogen) atoms. The number of nitrogens with one attached hydrogen (secondary N) is 1. The standard InChI is InChI=1S/C27H32N2O4S/c1-6-29(23-10-8-7-9-11-23)34(31,32)25-18-14-22(15-19-25)28-26(30)20(2)33-24-16-12-21(13-17-24)27(3,4)5/h7-20H,6H2,1-5H3,(H,28,30). The molecule has 0 bridgehead atoms. The van der Waals surface area contributed by atoms with Gasteiger partial charge in [-0.1, -0.05) is 51.1 Å². The lowest BCUT2D eigenvalue weighted by molar-refractivity contribution is -0.122. The lowest BCUT2D eigenvalue weighted by atomic mass is 9.87. The summed E-state index contributed by atoms with van der Waals surface area (Å²) in [5.41, 5.74) is 2.31. The Labute approximate surface area is 202 Å². The SMILES string of the molecule is CCN(c1ccccc1)S(=O)(=O)c1ccc(NC(=O)C(C)Oc2ccc(C(C)(C)C)cc2)cc1. The summed E-state index contributed by atoms with van der Waals surface area (Å²) < 4.78 is 33.3. The third-order valence-electron chi connectivity index (χ3n) is 5.44. The second kappa shape index (κ2) is 10.3. The number of para-hydroxylation sites is 1. The van der Waals surface area contributed by atoms with Crippen molar-refractivity contribution < 1.29 is 17.9 Å². The molecular formula is C27H32N2O4S. The number of ether oxygens (including phenoxy) is 1. The molecule has 1 N–H and O–H groups in total. The predicted molar refractivity (Wildman–Crippen MR) is 137 cm³/mol. The zero-order valence-electron chi connectivity index (χ0n) is 20.3. The molecule has 180 valence electrons. The first-order valence-electron chi connectivity index (χ1n) is 11.3. The van der Waals surface area contributed by atoms with E-state index in [0.29, 0.717) is 23.7 Å². The second-order valence-corrected chi connectivity index (χ2v) is 10.9. The first-order chi connectivity index (χ1) is 16.0. The Morgan fingerprint density at radius 3 is 2.06 bits per heavy atom. The molecule has 3 rings (SSSR count). The maximum absolute atomic E-state index is 13.1. The number of rotatable bonds is 8. The number of hydrogen-bond acceptors (Lipinski definition) is 4. The summed E-state index contributed by atoms with van der Waals surface area (Å²) in [6.45, 7) is 10.2. The fourth-order valence-electron chi connectivity index (χ4n) is 3.46. The molecule has 1 unspecified atom stereocenters. The molecule has 0 saturated carbocycles. The maximum Gasteiger partial charge on any atom is 0.265 e. The van der Waals surface area contributed by atoms with Gasteiger partial charge in [-0.15, -0.1) is 0 Å². The third-order valence-corrected chi connectivity index (χ3v) is 7.36. The Balaban J connectivity index is 1.66. The average molecular weight is 481 g/mol. The second-order valence-electron chi connectivity index (χ2n) is 9.05. The van der Waals surface area contributed by atoms with E-state index in [0.717, 1.165) is 0 Å². The minimum atomic E-state index is -3.72. The van der Waals surface area contributed by atoms with Gasteiger partial charge in [-0.2, -0.15) is 0 Å². The molecule has 0 aromatic heterocycles. The first kappa shape index (κ1) is 25.3. The highest BCUT2D eigenvalue weighted by molar-refractivity contribution is 7.92. The van der Waals surface area contributed by atoms with Gasteiger partial charge in [0.25, 0.3) is 15.9 Å². The number of anilines is 2. The largest absolute Gasteiger partial charge is 0.481 e. The van der Waals surface area contributed by atoms with Crippen LogP contribution in [0.5, 0.6) is 5.75 Å². The lowest BCUT2D eigenvalue weighted by Crippen LogP contribution is -2.31. The van der Waals surface area contributed by atoms with Gasteiger partial charge in [-0.25, -0.2) is 8.42 Å². The Kier molecular flexibility index (Phi) is 7.67. The molecule has 1 atom stereocenters. The van der Waals surface area contributed by atoms with E-state index in [1.807, 2.05) is 30.3 Å². The molecule has 0 fully saturated rings. The van der Waals surface area contributed by atoms with Gasteiger partial charge in [0.05, 0.1) is 10.6 Å². The van der Waals surface area contributed by atoms with Crippen molar-refractivity contribution in [2.75, 3.05) is 16.2 Å². The van der Waals surface area contributed by atoms with Gasteiger partial charge >= 0.3 is 0 Å². The molecular weight excluding hydrogens is 448 g/mol. The summed E-state index contributed by atoms with van der Waals surface area (Å²) in [4.78, 5) is 12.8. The van der Waals surface area contributed by atoms with E-state index in [-0.39, 0.29) is 16.2 Å². The van der Waals surface area contributed by atoms with Gasteiger partial charge < -0.3 is 10.1 Å². The van der Waals surface area contributed by atoms with Crippen molar-refractivity contribution in [1.29, 1.82) is 0 Å². The fraction of sp³-hybridized carbons (Fsp3) is 0.296. The number of benzene rings is 3. The third kappa shape index (κ3) is 5.97. The van der Waals surface area contributed by atoms with Gasteiger partial charge in [0.2, 0.25) is 0 Å². The van der Waals surface area contributed by atoms with Crippen molar-refractivity contribution in [1.82, 2.24) is 0 Å². The van der Waals surface area contributed by atoms with Crippen molar-refractivity contribution in [3.63, 3.8) is 0 Å². The van der Waals surface area contributed by atoms with Gasteiger partial charge in [-0.3, -0.25) is 9.10 Å². The zero-order valence-corrected chi connectivity index (χ0v) is 21.1. The Hall–Kier alpha value is -3.32. The van der Waals surface area contributed by atoms with E-state index < -0.39 is 16.1 Å². The summed E-state index contributed by atoms with van der Waals surface area (Å²) >= 11 is 0. The van der Waals surface area contributed by atoms with Crippen molar-refractivity contribution in [3.05, 3.63) is 84.4 Å². The van der Waals surface area contributed by atoms with Crippen LogP contribution in [0.25, 0.3) is 0 Å². The lowest BCUT2D eigenvalue weighted by Gasteiger charge is -2.23. The topological polar surface area (TPSA) is 75.7 Å². The van der Waals surface area contributed by atoms with Crippen LogP contribution in [0.2, 0.25) is 0 Å². The summed E-state index contributed by atoms with van der Waals surface area (Å²) in [5, 5.41) is 2.78. The van der Waals surface area contributed by atoms with Gasteiger partial charge in [0, 0.05) is 12.2 Å². The van der Waals surface area contributed by atoms with Crippen LogP contribution >= 0.6 is 0 Å². The van der Waals surface area contributed by atoms with E-state index in [9.17, 15) is 13.2 Å². The van der Waals surface area contributed by atoms with Crippen LogP contribution in [0.15, 0.2) is 83.8 Å². The molecule has 3 aromatic carbocycles. The Morgan fingerprint density at radius 1 is 0.941 bits per heavy atom. The molecule has 3 aromatic rings. The highest BCUT2D eigenvalue weighted by Gasteiger charge is 2.24. The average Bonchev–Trinajstić information content (AvgIpc) is 2.80. The molecule has 0 spiro atoms. The van der Waals surface area contributed by atoms with Gasteiger partial charge in [-0.05, 0) is 73.4 Å². The minimum absolute atomic E-state index is 0.0381. The van der Waals surface area contributed by atoms with Crippen LogP contribution in [0.3, 0.4) is 0 Å². The molecule has 6 nitrogen and oxygen atoms in total. The van der Waals surface area contributed by atoms with E-state index >= 15 is 0 Å². The van der Waals surface area contributed by atoms with Crippen LogP contribution in [0.4, 0.5) is 11.4 Å². The van der Waals surface area contributed by atoms with Crippen LogP contribution < -0.4 is 14.4 Å². The van der Waals surface area contributed by atoms with E-state index in [2.05, 4.69) is 26.1 Å². The molecule has 0 aliphatic rings. The number of hydrogen-bond donors (Lipinski definition) is 1. The number of sulfonamides is 1. The zero-order chi connectivity index (χ0) is 24.9. The van der Waals surface area contributed by atoms with E-state index in [1.54, 1.807) is 50.2 Å². The maximum atomic E-state index is 13.1. The summed E-state index contributed by atoms with van der Waals surface area (Å²) in [7, 11) is -3.72. The fourth-order valence-corrected chi connectivity index (χ4v) is 4.93. The summed E-state index contributed by atoms with van der Waals surface area (Å²) in [6, 6.07) is 22.8. The number of amides is 1. The quantitative estimate of drug-likeness (QED) is 0.455. The Morgan fingerprint density at radius 2 is 1.53 bits per heavy atom. The van der Waals surface area contributed by atoms with Crippen LogP contribution in [0.1, 0.15) is 40.2 Å². The molecule has 1 amide bonds. The monoisotopic (exact) mass is 480 g/mol. The molecule has 7 heteroatoms. The van der Waals surface area contributed by atoms with Crippen molar-refractivity contribution in [2.24, 2.45) is 0 Å². The number of carbonyl (C=O) groups is 1. The molecule has 0 saturated heterocycles.